The molecule has 0 spiro atoms. The molecule has 0 saturated heterocycles. The number of hydrogen-bond acceptors (Lipinski definition) is 11. The number of ether oxygens (including phenoxy) is 4. The highest BCUT2D eigenvalue weighted by molar-refractivity contribution is 7.99. The Kier molecular flexibility index (Phi) is 8.55. The predicted molar refractivity (Wildman–Crippen MR) is 154 cm³/mol. The lowest BCUT2D eigenvalue weighted by Crippen LogP contribution is -2.32. The number of hydrogen-bond donors (Lipinski definition) is 0. The van der Waals surface area contributed by atoms with Crippen LogP contribution in [0.4, 0.5) is 5.69 Å². The van der Waals surface area contributed by atoms with Gasteiger partial charge in [-0.1, -0.05) is 0 Å². The summed E-state index contributed by atoms with van der Waals surface area (Å²) in [4.78, 5) is 16.1. The Morgan fingerprint density at radius 3 is 2.20 bits per heavy atom. The Balaban J connectivity index is 1.21. The number of nitro benzene ring substituents is 1. The zero-order chi connectivity index (χ0) is 28.9. The number of fused-ring (bicyclic) bond motifs is 1. The van der Waals surface area contributed by atoms with Crippen LogP contribution in [-0.2, 0) is 13.0 Å². The van der Waals surface area contributed by atoms with Crippen molar-refractivity contribution in [1.82, 2.24) is 25.1 Å². The van der Waals surface area contributed by atoms with E-state index in [9.17, 15) is 10.1 Å². The molecule has 5 rings (SSSR count). The van der Waals surface area contributed by atoms with Gasteiger partial charge in [0, 0.05) is 36.3 Å². The molecule has 0 N–H and O–H groups in total. The van der Waals surface area contributed by atoms with E-state index in [1.54, 1.807) is 26.0 Å². The molecule has 1 aliphatic heterocycles. The SMILES string of the molecule is COc1cc2c(cc1OC)CN(CCSc1ccc(-n3nnc(-c4cc(OC)c(OC)cc4[N+](=O)[O-])n3)cc1)CC2. The van der Waals surface area contributed by atoms with Crippen molar-refractivity contribution in [3.63, 3.8) is 0 Å². The Morgan fingerprint density at radius 1 is 0.902 bits per heavy atom. The molecule has 0 fully saturated rings. The molecule has 2 heterocycles. The molecule has 0 bridgehead atoms. The fourth-order valence-electron chi connectivity index (χ4n) is 4.73. The van der Waals surface area contributed by atoms with Gasteiger partial charge < -0.3 is 18.9 Å². The average molecular weight is 579 g/mol. The van der Waals surface area contributed by atoms with E-state index in [1.165, 1.54) is 42.3 Å². The molecule has 3 aromatic carbocycles. The lowest BCUT2D eigenvalue weighted by molar-refractivity contribution is -0.384. The summed E-state index contributed by atoms with van der Waals surface area (Å²) in [7, 11) is 6.20. The largest absolute Gasteiger partial charge is 0.493 e. The van der Waals surface area contributed by atoms with E-state index in [0.29, 0.717) is 11.4 Å². The van der Waals surface area contributed by atoms with Gasteiger partial charge in [-0.2, -0.15) is 0 Å². The van der Waals surface area contributed by atoms with Crippen LogP contribution < -0.4 is 18.9 Å². The summed E-state index contributed by atoms with van der Waals surface area (Å²) < 4.78 is 21.4. The highest BCUT2D eigenvalue weighted by atomic mass is 32.2. The van der Waals surface area contributed by atoms with E-state index in [2.05, 4.69) is 32.4 Å². The standard InChI is InChI=1S/C28H30N6O6S/c1-37-24-13-18-9-10-32(17-19(18)14-25(24)38-2)11-12-41-21-7-5-20(6-8-21)33-30-28(29-31-33)22-15-26(39-3)27(40-4)16-23(22)34(35)36/h5-8,13-16H,9-12,17H2,1-4H3. The molecule has 4 aromatic rings. The lowest BCUT2D eigenvalue weighted by Gasteiger charge is -2.29. The van der Waals surface area contributed by atoms with Gasteiger partial charge in [0.25, 0.3) is 5.69 Å². The van der Waals surface area contributed by atoms with E-state index >= 15 is 0 Å². The minimum atomic E-state index is -0.513. The zero-order valence-corrected chi connectivity index (χ0v) is 24.0. The smallest absolute Gasteiger partial charge is 0.284 e. The second-order valence-corrected chi connectivity index (χ2v) is 10.4. The molecule has 0 radical (unpaired) electrons. The Morgan fingerprint density at radius 2 is 1.54 bits per heavy atom. The summed E-state index contributed by atoms with van der Waals surface area (Å²) in [6.07, 6.45) is 0.981. The maximum atomic E-state index is 11.7. The molecule has 1 aromatic heterocycles. The number of aromatic nitrogens is 4. The van der Waals surface area contributed by atoms with Crippen molar-refractivity contribution in [1.29, 1.82) is 0 Å². The number of nitrogens with zero attached hydrogens (tertiary/aromatic N) is 6. The summed E-state index contributed by atoms with van der Waals surface area (Å²) >= 11 is 1.78. The molecule has 0 amide bonds. The van der Waals surface area contributed by atoms with Crippen molar-refractivity contribution in [3.05, 3.63) is 69.8 Å². The fourth-order valence-corrected chi connectivity index (χ4v) is 5.64. The third-order valence-corrected chi connectivity index (χ3v) is 7.89. The van der Waals surface area contributed by atoms with Crippen LogP contribution in [-0.4, -0.2) is 77.3 Å². The normalized spacial score (nSPS) is 13.0. The zero-order valence-electron chi connectivity index (χ0n) is 23.2. The minimum absolute atomic E-state index is 0.107. The van der Waals surface area contributed by atoms with Crippen LogP contribution in [0.1, 0.15) is 11.1 Å². The first-order valence-electron chi connectivity index (χ1n) is 12.8. The van der Waals surface area contributed by atoms with Crippen LogP contribution in [0, 0.1) is 10.1 Å². The van der Waals surface area contributed by atoms with E-state index in [4.69, 9.17) is 18.9 Å². The van der Waals surface area contributed by atoms with Gasteiger partial charge in [0.05, 0.1) is 45.1 Å². The molecule has 0 saturated carbocycles. The molecular formula is C28H30N6O6S. The fraction of sp³-hybridized carbons (Fsp3) is 0.321. The third-order valence-electron chi connectivity index (χ3n) is 6.89. The first kappa shape index (κ1) is 28.2. The summed E-state index contributed by atoms with van der Waals surface area (Å²) in [6.45, 7) is 2.84. The third kappa shape index (κ3) is 6.05. The molecule has 214 valence electrons. The molecule has 0 aliphatic carbocycles. The van der Waals surface area contributed by atoms with Crippen molar-refractivity contribution >= 4 is 17.4 Å². The van der Waals surface area contributed by atoms with Gasteiger partial charge in [-0.05, 0) is 59.2 Å². The number of rotatable bonds is 11. The number of tetrazole rings is 1. The van der Waals surface area contributed by atoms with Crippen molar-refractivity contribution in [2.24, 2.45) is 0 Å². The highest BCUT2D eigenvalue weighted by Gasteiger charge is 2.24. The van der Waals surface area contributed by atoms with Gasteiger partial charge in [0.1, 0.15) is 5.56 Å². The van der Waals surface area contributed by atoms with Gasteiger partial charge in [0.15, 0.2) is 23.0 Å². The Hall–Kier alpha value is -4.36. The van der Waals surface area contributed by atoms with Gasteiger partial charge in [-0.3, -0.25) is 15.0 Å². The van der Waals surface area contributed by atoms with Crippen molar-refractivity contribution < 1.29 is 23.9 Å². The molecule has 1 aliphatic rings. The summed E-state index contributed by atoms with van der Waals surface area (Å²) in [5, 5.41) is 24.2. The van der Waals surface area contributed by atoms with Gasteiger partial charge in [-0.15, -0.1) is 26.8 Å². The molecular weight excluding hydrogens is 548 g/mol. The van der Waals surface area contributed by atoms with Gasteiger partial charge >= 0.3 is 0 Å². The van der Waals surface area contributed by atoms with Crippen molar-refractivity contribution in [2.45, 2.75) is 17.9 Å². The van der Waals surface area contributed by atoms with E-state index in [1.807, 2.05) is 24.3 Å². The highest BCUT2D eigenvalue weighted by Crippen LogP contribution is 2.38. The van der Waals surface area contributed by atoms with E-state index in [0.717, 1.165) is 48.2 Å². The Bertz CT molecular complexity index is 1540. The molecule has 0 unspecified atom stereocenters. The molecule has 0 atom stereocenters. The maximum Gasteiger partial charge on any atom is 0.284 e. The molecule has 41 heavy (non-hydrogen) atoms. The van der Waals surface area contributed by atoms with Crippen LogP contribution in [0.5, 0.6) is 23.0 Å². The first-order valence-corrected chi connectivity index (χ1v) is 13.8. The van der Waals surface area contributed by atoms with Crippen molar-refractivity contribution in [3.8, 4) is 40.1 Å². The van der Waals surface area contributed by atoms with Gasteiger partial charge in [0.2, 0.25) is 5.82 Å². The monoisotopic (exact) mass is 578 g/mol. The maximum absolute atomic E-state index is 11.7. The molecule has 12 nitrogen and oxygen atoms in total. The average Bonchev–Trinajstić information content (AvgIpc) is 3.50. The first-order chi connectivity index (χ1) is 19.9. The van der Waals surface area contributed by atoms with Crippen LogP contribution >= 0.6 is 11.8 Å². The van der Waals surface area contributed by atoms with Gasteiger partial charge in [-0.25, -0.2) is 0 Å². The summed E-state index contributed by atoms with van der Waals surface area (Å²) in [6, 6.07) is 14.7. The predicted octanol–water partition coefficient (Wildman–Crippen LogP) is 4.42. The second kappa shape index (κ2) is 12.4. The van der Waals surface area contributed by atoms with Crippen LogP contribution in [0.25, 0.3) is 17.1 Å². The van der Waals surface area contributed by atoms with E-state index < -0.39 is 4.92 Å². The molecule has 13 heteroatoms. The van der Waals surface area contributed by atoms with Crippen molar-refractivity contribution in [2.75, 3.05) is 47.3 Å². The number of thioether (sulfide) groups is 1. The number of nitro groups is 1. The second-order valence-electron chi connectivity index (χ2n) is 9.23. The number of benzene rings is 3. The van der Waals surface area contributed by atoms with Crippen LogP contribution in [0.3, 0.4) is 0 Å². The quantitative estimate of drug-likeness (QED) is 0.143. The number of methoxy groups -OCH3 is 4. The Labute approximate surface area is 241 Å². The summed E-state index contributed by atoms with van der Waals surface area (Å²) in [5.41, 5.74) is 3.26. The minimum Gasteiger partial charge on any atom is -0.493 e. The topological polar surface area (TPSA) is 127 Å². The van der Waals surface area contributed by atoms with Crippen LogP contribution in [0.15, 0.2) is 53.4 Å². The van der Waals surface area contributed by atoms with Crippen LogP contribution in [0.2, 0.25) is 0 Å². The summed E-state index contributed by atoms with van der Waals surface area (Å²) in [5.74, 6) is 3.16. The van der Waals surface area contributed by atoms with E-state index in [-0.39, 0.29) is 22.8 Å². The lowest BCUT2D eigenvalue weighted by atomic mass is 9.99.